The fraction of sp³-hybridized carbons (Fsp3) is 0.200. The fourth-order valence-electron chi connectivity index (χ4n) is 1.22. The number of nitrogens with zero attached hydrogens (tertiary/aromatic N) is 4. The van der Waals surface area contributed by atoms with Crippen LogP contribution in [0.3, 0.4) is 0 Å². The average molecular weight is 232 g/mol. The highest BCUT2D eigenvalue weighted by Crippen LogP contribution is 2.16. The largest absolute Gasteiger partial charge is 0.421 e. The Balaban J connectivity index is 2.18. The first-order valence-electron chi connectivity index (χ1n) is 5.07. The molecule has 0 aliphatic heterocycles. The number of aryl methyl sites for hydroxylation is 1. The smallest absolute Gasteiger partial charge is 0.322 e. The minimum atomic E-state index is -0.124. The second-order valence-electron chi connectivity index (χ2n) is 3.27. The van der Waals surface area contributed by atoms with Crippen LogP contribution in [0.25, 0.3) is 0 Å². The number of hydrogen-bond donors (Lipinski definition) is 2. The molecule has 2 rings (SSSR count). The molecule has 7 nitrogen and oxygen atoms in total. The van der Waals surface area contributed by atoms with Gasteiger partial charge in [-0.1, -0.05) is 0 Å². The summed E-state index contributed by atoms with van der Waals surface area (Å²) in [4.78, 5) is 7.91. The number of nitrogens with two attached hydrogens (primary N) is 1. The van der Waals surface area contributed by atoms with Crippen LogP contribution in [-0.2, 0) is 6.54 Å². The molecule has 0 fully saturated rings. The van der Waals surface area contributed by atoms with Crippen LogP contribution in [0.2, 0.25) is 0 Å². The van der Waals surface area contributed by atoms with E-state index in [-0.39, 0.29) is 11.8 Å². The molecule has 2 aromatic rings. The van der Waals surface area contributed by atoms with E-state index in [1.807, 2.05) is 6.92 Å². The van der Waals surface area contributed by atoms with Crippen molar-refractivity contribution in [2.75, 3.05) is 0 Å². The van der Waals surface area contributed by atoms with Crippen LogP contribution in [0, 0.1) is 5.41 Å². The minimum absolute atomic E-state index is 0.124. The van der Waals surface area contributed by atoms with Gasteiger partial charge in [-0.25, -0.2) is 4.98 Å². The van der Waals surface area contributed by atoms with Crippen molar-refractivity contribution >= 4 is 5.84 Å². The summed E-state index contributed by atoms with van der Waals surface area (Å²) in [6.07, 6.45) is 4.81. The van der Waals surface area contributed by atoms with Crippen molar-refractivity contribution in [3.8, 4) is 11.8 Å². The van der Waals surface area contributed by atoms with Crippen molar-refractivity contribution in [3.63, 3.8) is 0 Å². The highest BCUT2D eigenvalue weighted by molar-refractivity contribution is 5.92. The van der Waals surface area contributed by atoms with E-state index >= 15 is 0 Å². The van der Waals surface area contributed by atoms with Gasteiger partial charge in [0.05, 0.1) is 12.4 Å². The van der Waals surface area contributed by atoms with Gasteiger partial charge < -0.3 is 10.5 Å². The Kier molecular flexibility index (Phi) is 2.99. The van der Waals surface area contributed by atoms with Crippen molar-refractivity contribution in [1.82, 2.24) is 19.7 Å². The maximum Gasteiger partial charge on any atom is 0.322 e. The summed E-state index contributed by atoms with van der Waals surface area (Å²) < 4.78 is 7.12. The lowest BCUT2D eigenvalue weighted by atomic mass is 10.4. The minimum Gasteiger partial charge on any atom is -0.421 e. The average Bonchev–Trinajstić information content (AvgIpc) is 2.77. The lowest BCUT2D eigenvalue weighted by Crippen LogP contribution is -2.13. The molecule has 2 aromatic heterocycles. The van der Waals surface area contributed by atoms with Crippen molar-refractivity contribution in [2.24, 2.45) is 5.73 Å². The van der Waals surface area contributed by atoms with Gasteiger partial charge in [-0.05, 0) is 13.0 Å². The summed E-state index contributed by atoms with van der Waals surface area (Å²) in [5.74, 6) is 0.425. The van der Waals surface area contributed by atoms with Crippen LogP contribution in [-0.4, -0.2) is 25.6 Å². The van der Waals surface area contributed by atoms with Crippen molar-refractivity contribution in [2.45, 2.75) is 13.5 Å². The first-order valence-corrected chi connectivity index (χ1v) is 5.07. The van der Waals surface area contributed by atoms with Crippen LogP contribution in [0.1, 0.15) is 12.6 Å². The summed E-state index contributed by atoms with van der Waals surface area (Å²) in [6, 6.07) is 1.69. The number of nitrogens with one attached hydrogen (secondary N) is 1. The molecule has 0 aliphatic carbocycles. The maximum atomic E-state index is 7.26. The molecule has 88 valence electrons. The molecule has 0 amide bonds. The zero-order chi connectivity index (χ0) is 12.3. The SMILES string of the molecule is CCn1cc(Oc2nccc(C(=N)N)n2)cn1. The van der Waals surface area contributed by atoms with Gasteiger partial charge in [0.15, 0.2) is 5.75 Å². The number of amidine groups is 1. The Morgan fingerprint density at radius 2 is 2.41 bits per heavy atom. The second kappa shape index (κ2) is 4.60. The Labute approximate surface area is 97.8 Å². The van der Waals surface area contributed by atoms with E-state index in [2.05, 4.69) is 15.1 Å². The van der Waals surface area contributed by atoms with Crippen molar-refractivity contribution in [1.29, 1.82) is 5.41 Å². The maximum absolute atomic E-state index is 7.26. The van der Waals surface area contributed by atoms with Gasteiger partial charge in [-0.15, -0.1) is 0 Å². The van der Waals surface area contributed by atoms with Crippen molar-refractivity contribution in [3.05, 3.63) is 30.4 Å². The molecule has 0 spiro atoms. The van der Waals surface area contributed by atoms with Crippen LogP contribution >= 0.6 is 0 Å². The zero-order valence-electron chi connectivity index (χ0n) is 9.29. The number of aromatic nitrogens is 4. The molecule has 0 bridgehead atoms. The molecule has 0 unspecified atom stereocenters. The molecule has 7 heteroatoms. The molecule has 3 N–H and O–H groups in total. The highest BCUT2D eigenvalue weighted by atomic mass is 16.5. The highest BCUT2D eigenvalue weighted by Gasteiger charge is 2.05. The summed E-state index contributed by atoms with van der Waals surface area (Å²) in [5, 5.41) is 11.3. The molecule has 0 aromatic carbocycles. The molecule has 0 saturated heterocycles. The predicted molar refractivity (Wildman–Crippen MR) is 61.0 cm³/mol. The fourth-order valence-corrected chi connectivity index (χ4v) is 1.22. The lowest BCUT2D eigenvalue weighted by molar-refractivity contribution is 0.440. The lowest BCUT2D eigenvalue weighted by Gasteiger charge is -2.01. The van der Waals surface area contributed by atoms with Crippen LogP contribution in [0.4, 0.5) is 0 Å². The van der Waals surface area contributed by atoms with Gasteiger partial charge in [-0.3, -0.25) is 10.1 Å². The van der Waals surface area contributed by atoms with Gasteiger partial charge in [0, 0.05) is 12.7 Å². The Bertz CT molecular complexity index is 535. The van der Waals surface area contributed by atoms with E-state index in [9.17, 15) is 0 Å². The Morgan fingerprint density at radius 1 is 1.59 bits per heavy atom. The van der Waals surface area contributed by atoms with E-state index < -0.39 is 0 Å². The zero-order valence-corrected chi connectivity index (χ0v) is 9.29. The van der Waals surface area contributed by atoms with Gasteiger partial charge in [0.2, 0.25) is 0 Å². The van der Waals surface area contributed by atoms with E-state index in [0.717, 1.165) is 6.54 Å². The molecule has 0 atom stereocenters. The van der Waals surface area contributed by atoms with Crippen LogP contribution in [0.15, 0.2) is 24.7 Å². The van der Waals surface area contributed by atoms with E-state index in [1.165, 1.54) is 6.20 Å². The molecular weight excluding hydrogens is 220 g/mol. The molecule has 0 radical (unpaired) electrons. The normalized spacial score (nSPS) is 10.2. The standard InChI is InChI=1S/C10H12N6O/c1-2-16-6-7(5-14-16)17-10-13-4-3-8(15-10)9(11)12/h3-6H,2H2,1H3,(H3,11,12). The topological polar surface area (TPSA) is 103 Å². The van der Waals surface area contributed by atoms with Gasteiger partial charge in [0.25, 0.3) is 0 Å². The first kappa shape index (κ1) is 11.1. The van der Waals surface area contributed by atoms with Crippen LogP contribution < -0.4 is 10.5 Å². The van der Waals surface area contributed by atoms with Gasteiger partial charge in [-0.2, -0.15) is 10.1 Å². The first-order chi connectivity index (χ1) is 8.19. The third kappa shape index (κ3) is 2.57. The molecular formula is C10H12N6O. The molecule has 0 saturated carbocycles. The Morgan fingerprint density at radius 3 is 3.06 bits per heavy atom. The summed E-state index contributed by atoms with van der Waals surface area (Å²) in [5.41, 5.74) is 5.65. The summed E-state index contributed by atoms with van der Waals surface area (Å²) >= 11 is 0. The van der Waals surface area contributed by atoms with Gasteiger partial charge >= 0.3 is 6.01 Å². The molecule has 17 heavy (non-hydrogen) atoms. The third-order valence-electron chi connectivity index (χ3n) is 2.05. The second-order valence-corrected chi connectivity index (χ2v) is 3.27. The number of ether oxygens (including phenoxy) is 1. The van der Waals surface area contributed by atoms with E-state index in [1.54, 1.807) is 23.1 Å². The summed E-state index contributed by atoms with van der Waals surface area (Å²) in [7, 11) is 0. The number of hydrogen-bond acceptors (Lipinski definition) is 5. The summed E-state index contributed by atoms with van der Waals surface area (Å²) in [6.45, 7) is 2.74. The molecule has 0 aliphatic rings. The number of nitrogen functional groups attached to an aromatic ring is 1. The van der Waals surface area contributed by atoms with E-state index in [0.29, 0.717) is 11.4 Å². The van der Waals surface area contributed by atoms with Crippen LogP contribution in [0.5, 0.6) is 11.8 Å². The quantitative estimate of drug-likeness (QED) is 0.598. The van der Waals surface area contributed by atoms with Crippen molar-refractivity contribution < 1.29 is 4.74 Å². The van der Waals surface area contributed by atoms with Gasteiger partial charge in [0.1, 0.15) is 11.5 Å². The monoisotopic (exact) mass is 232 g/mol. The predicted octanol–water partition coefficient (Wildman–Crippen LogP) is 0.769. The van der Waals surface area contributed by atoms with E-state index in [4.69, 9.17) is 15.9 Å². The number of rotatable bonds is 4. The third-order valence-corrected chi connectivity index (χ3v) is 2.05. The molecule has 2 heterocycles. The Hall–Kier alpha value is -2.44.